The fraction of sp³-hybridized carbons (Fsp3) is 0.429. The number of cyclic esters (lactones) is 1. The predicted octanol–water partition coefficient (Wildman–Crippen LogP) is 2.97. The number of aliphatic hydroxyl groups excluding tert-OH is 1. The van der Waals surface area contributed by atoms with Gasteiger partial charge in [0.15, 0.2) is 0 Å². The van der Waals surface area contributed by atoms with Gasteiger partial charge in [-0.05, 0) is 43.2 Å². The molecule has 0 aromatic heterocycles. The Morgan fingerprint density at radius 2 is 1.81 bits per heavy atom. The number of aliphatic hydroxyl groups is 1. The second kappa shape index (κ2) is 13.6. The van der Waals surface area contributed by atoms with Gasteiger partial charge in [-0.25, -0.2) is 0 Å². The summed E-state index contributed by atoms with van der Waals surface area (Å²) in [4.78, 5) is 59.4. The van der Waals surface area contributed by atoms with Crippen molar-refractivity contribution in [3.63, 3.8) is 0 Å². The van der Waals surface area contributed by atoms with Crippen molar-refractivity contribution in [2.24, 2.45) is 11.8 Å². The summed E-state index contributed by atoms with van der Waals surface area (Å²) in [5, 5.41) is 13.7. The number of anilines is 1. The molecule has 5 bridgehead atoms. The lowest BCUT2D eigenvalue weighted by molar-refractivity contribution is -0.162. The molecule has 0 saturated carbocycles. The fourth-order valence-corrected chi connectivity index (χ4v) is 7.34. The molecule has 2 fully saturated rings. The van der Waals surface area contributed by atoms with Crippen LogP contribution >= 0.6 is 11.6 Å². The molecule has 0 unspecified atom stereocenters. The molecule has 2 saturated heterocycles. The highest BCUT2D eigenvalue weighted by Gasteiger charge is 2.74. The Morgan fingerprint density at radius 3 is 2.51 bits per heavy atom. The van der Waals surface area contributed by atoms with Crippen molar-refractivity contribution in [3.05, 3.63) is 89.5 Å². The summed E-state index contributed by atoms with van der Waals surface area (Å²) in [7, 11) is 1.50. The van der Waals surface area contributed by atoms with Crippen molar-refractivity contribution in [3.8, 4) is 0 Å². The van der Waals surface area contributed by atoms with E-state index in [4.69, 9.17) is 25.8 Å². The van der Waals surface area contributed by atoms with Gasteiger partial charge in [0.05, 0.1) is 37.3 Å². The number of allylic oxidation sites excluding steroid dienone is 1. The molecular weight excluding hydrogens is 626 g/mol. The third kappa shape index (κ3) is 5.97. The zero-order valence-corrected chi connectivity index (χ0v) is 26.9. The van der Waals surface area contributed by atoms with Crippen molar-refractivity contribution in [2.75, 3.05) is 31.8 Å². The van der Waals surface area contributed by atoms with Gasteiger partial charge in [-0.2, -0.15) is 0 Å². The lowest BCUT2D eigenvalue weighted by atomic mass is 9.74. The first-order valence-corrected chi connectivity index (χ1v) is 16.1. The van der Waals surface area contributed by atoms with E-state index >= 15 is 0 Å². The number of hydrogen-bond acceptors (Lipinski definition) is 8. The number of ether oxygens (including phenoxy) is 3. The largest absolute Gasteiger partial charge is 0.455 e. The molecule has 3 amide bonds. The molecule has 8 atom stereocenters. The monoisotopic (exact) mass is 663 g/mol. The Morgan fingerprint density at radius 1 is 1.06 bits per heavy atom. The SMILES string of the molecule is COC[C@@H]1NC(=O)CC/C=C\CN(c2ccc(Cl)cc2)C(=O)[C@H]2N([C@H](C)CO)C(=O)[C@@H]3[C@@H](C(=O)O[C@H]1c1ccccc1)[C@H]1C=C[C@]32O1. The number of rotatable bonds is 6. The van der Waals surface area contributed by atoms with Crippen molar-refractivity contribution in [1.29, 1.82) is 0 Å². The molecule has 1 spiro atoms. The summed E-state index contributed by atoms with van der Waals surface area (Å²) in [6, 6.07) is 13.1. The first kappa shape index (κ1) is 32.9. The smallest absolute Gasteiger partial charge is 0.313 e. The van der Waals surface area contributed by atoms with Gasteiger partial charge >= 0.3 is 5.97 Å². The number of nitrogens with zero attached hydrogens (tertiary/aromatic N) is 2. The second-order valence-corrected chi connectivity index (χ2v) is 12.7. The van der Waals surface area contributed by atoms with E-state index in [1.165, 1.54) is 16.9 Å². The van der Waals surface area contributed by atoms with E-state index in [1.807, 2.05) is 12.1 Å². The molecule has 4 aliphatic heterocycles. The summed E-state index contributed by atoms with van der Waals surface area (Å²) in [5.74, 6) is -4.06. The first-order valence-electron chi connectivity index (χ1n) is 15.8. The third-order valence-corrected chi connectivity index (χ3v) is 9.64. The van der Waals surface area contributed by atoms with E-state index < -0.39 is 72.2 Å². The number of hydrogen-bond donors (Lipinski definition) is 2. The van der Waals surface area contributed by atoms with Crippen LogP contribution in [0, 0.1) is 11.8 Å². The van der Waals surface area contributed by atoms with Crippen LogP contribution in [0.15, 0.2) is 78.9 Å². The van der Waals surface area contributed by atoms with E-state index in [1.54, 1.807) is 73.7 Å². The van der Waals surface area contributed by atoms with Crippen LogP contribution in [-0.2, 0) is 33.4 Å². The summed E-state index contributed by atoms with van der Waals surface area (Å²) >= 11 is 6.16. The van der Waals surface area contributed by atoms with E-state index in [-0.39, 0.29) is 25.5 Å². The molecule has 0 radical (unpaired) electrons. The average Bonchev–Trinajstić information content (AvgIpc) is 3.72. The fourth-order valence-electron chi connectivity index (χ4n) is 7.21. The van der Waals surface area contributed by atoms with Crippen molar-refractivity contribution >= 4 is 41.0 Å². The molecule has 2 aromatic carbocycles. The van der Waals surface area contributed by atoms with Gasteiger partial charge in [0.2, 0.25) is 11.8 Å². The minimum atomic E-state index is -1.48. The molecule has 47 heavy (non-hydrogen) atoms. The van der Waals surface area contributed by atoms with Crippen LogP contribution in [0.5, 0.6) is 0 Å². The van der Waals surface area contributed by atoms with Crippen LogP contribution < -0.4 is 10.2 Å². The number of fused-ring (bicyclic) bond motifs is 2. The number of esters is 1. The lowest BCUT2D eigenvalue weighted by Gasteiger charge is -2.37. The highest BCUT2D eigenvalue weighted by atomic mass is 35.5. The molecule has 4 aliphatic rings. The lowest BCUT2D eigenvalue weighted by Crippen LogP contribution is -2.58. The summed E-state index contributed by atoms with van der Waals surface area (Å²) < 4.78 is 18.2. The number of methoxy groups -OCH3 is 1. The van der Waals surface area contributed by atoms with Gasteiger partial charge in [0.1, 0.15) is 23.7 Å². The Labute approximate surface area is 278 Å². The highest BCUT2D eigenvalue weighted by molar-refractivity contribution is 6.30. The van der Waals surface area contributed by atoms with Crippen LogP contribution in [0.2, 0.25) is 5.02 Å². The Balaban J connectivity index is 1.46. The molecule has 248 valence electrons. The van der Waals surface area contributed by atoms with Gasteiger partial charge in [0.25, 0.3) is 5.91 Å². The van der Waals surface area contributed by atoms with E-state index in [0.29, 0.717) is 22.7 Å². The quantitative estimate of drug-likeness (QED) is 0.356. The van der Waals surface area contributed by atoms with Crippen molar-refractivity contribution in [2.45, 2.75) is 55.7 Å². The maximum atomic E-state index is 14.7. The number of halogens is 1. The predicted molar refractivity (Wildman–Crippen MR) is 172 cm³/mol. The van der Waals surface area contributed by atoms with Gasteiger partial charge in [0, 0.05) is 30.8 Å². The van der Waals surface area contributed by atoms with Gasteiger partial charge < -0.3 is 34.4 Å². The van der Waals surface area contributed by atoms with E-state index in [2.05, 4.69) is 5.32 Å². The summed E-state index contributed by atoms with van der Waals surface area (Å²) in [6.07, 6.45) is 5.78. The zero-order chi connectivity index (χ0) is 33.3. The Bertz CT molecular complexity index is 1570. The van der Waals surface area contributed by atoms with Crippen LogP contribution in [0.3, 0.4) is 0 Å². The molecular formula is C35H38ClN3O8. The summed E-state index contributed by atoms with van der Waals surface area (Å²) in [6.45, 7) is 1.42. The van der Waals surface area contributed by atoms with Crippen LogP contribution in [0.25, 0.3) is 0 Å². The molecule has 11 nitrogen and oxygen atoms in total. The van der Waals surface area contributed by atoms with Crippen LogP contribution in [-0.4, -0.2) is 90.4 Å². The average molecular weight is 664 g/mol. The molecule has 0 aliphatic carbocycles. The van der Waals surface area contributed by atoms with E-state index in [0.717, 1.165) is 0 Å². The third-order valence-electron chi connectivity index (χ3n) is 9.38. The number of benzene rings is 2. The van der Waals surface area contributed by atoms with Gasteiger partial charge in [-0.3, -0.25) is 19.2 Å². The van der Waals surface area contributed by atoms with Crippen LogP contribution in [0.4, 0.5) is 5.69 Å². The maximum absolute atomic E-state index is 14.7. The number of carbonyl (C=O) groups excluding carboxylic acids is 4. The number of carbonyl (C=O) groups is 4. The minimum absolute atomic E-state index is 0.0552. The number of likely N-dealkylation sites (tertiary alicyclic amines) is 1. The maximum Gasteiger partial charge on any atom is 0.313 e. The highest BCUT2D eigenvalue weighted by Crippen LogP contribution is 2.56. The topological polar surface area (TPSA) is 135 Å². The molecule has 4 heterocycles. The molecule has 12 heteroatoms. The van der Waals surface area contributed by atoms with Crippen molar-refractivity contribution < 1.29 is 38.5 Å². The van der Waals surface area contributed by atoms with Gasteiger partial charge in [-0.1, -0.05) is 66.2 Å². The molecule has 2 N–H and O–H groups in total. The first-order chi connectivity index (χ1) is 22.7. The number of nitrogens with one attached hydrogen (secondary N) is 1. The summed E-state index contributed by atoms with van der Waals surface area (Å²) in [5.41, 5.74) is -0.309. The van der Waals surface area contributed by atoms with E-state index in [9.17, 15) is 24.3 Å². The minimum Gasteiger partial charge on any atom is -0.455 e. The Kier molecular flexibility index (Phi) is 9.52. The second-order valence-electron chi connectivity index (χ2n) is 12.3. The zero-order valence-electron chi connectivity index (χ0n) is 26.2. The molecule has 2 aromatic rings. The molecule has 6 rings (SSSR count). The standard InChI is InChI=1S/C35H38ClN3O8/c1-21(19-40)39-31-33(43)38(24-14-12-23(36)13-15-24)18-8-4-7-11-27(41)37-25(20-45-2)30(22-9-5-3-6-10-22)46-34(44)28-26-16-17-35(31,47-26)29(28)32(39)42/h3-6,8-10,12-17,21,25-26,28-31,40H,7,11,18-20H2,1-2H3,(H,37,41)/b8-4-/t21-,25+,26-,28+,29+,30+,31-,35+/m1/s1. The number of amides is 3. The van der Waals surface area contributed by atoms with Gasteiger partial charge in [-0.15, -0.1) is 0 Å². The normalized spacial score (nSPS) is 32.3. The van der Waals surface area contributed by atoms with Crippen LogP contribution in [0.1, 0.15) is 31.4 Å². The Hall–Kier alpha value is -4.03. The van der Waals surface area contributed by atoms with Crippen molar-refractivity contribution in [1.82, 2.24) is 10.2 Å².